The van der Waals surface area contributed by atoms with Crippen LogP contribution in [-0.2, 0) is 33.9 Å². The van der Waals surface area contributed by atoms with Crippen molar-refractivity contribution in [2.45, 2.75) is 65.0 Å². The molecule has 0 bridgehead atoms. The van der Waals surface area contributed by atoms with E-state index in [0.29, 0.717) is 30.5 Å². The van der Waals surface area contributed by atoms with E-state index in [4.69, 9.17) is 23.7 Å². The van der Waals surface area contributed by atoms with E-state index >= 15 is 0 Å². The number of carbonyl (C=O) groups excluding carboxylic acids is 2. The number of fused-ring (bicyclic) bond motifs is 3. The van der Waals surface area contributed by atoms with Gasteiger partial charge in [0.05, 0.1) is 25.3 Å². The van der Waals surface area contributed by atoms with Gasteiger partial charge in [-0.15, -0.1) is 0 Å². The second kappa shape index (κ2) is 11.6. The summed E-state index contributed by atoms with van der Waals surface area (Å²) in [7, 11) is 0. The molecule has 0 N–H and O–H groups in total. The van der Waals surface area contributed by atoms with Crippen molar-refractivity contribution in [2.75, 3.05) is 13.4 Å². The lowest BCUT2D eigenvalue weighted by atomic mass is 9.85. The molecular weight excluding hydrogens is 510 g/mol. The number of rotatable bonds is 8. The molecular formula is C32H35NO7. The molecule has 2 aliphatic rings. The maximum Gasteiger partial charge on any atom is 0.411 e. The second-order valence-electron chi connectivity index (χ2n) is 11.0. The van der Waals surface area contributed by atoms with E-state index in [1.54, 1.807) is 20.8 Å². The van der Waals surface area contributed by atoms with Crippen LogP contribution in [0.3, 0.4) is 0 Å². The number of amides is 1. The van der Waals surface area contributed by atoms with Crippen LogP contribution in [-0.4, -0.2) is 42.3 Å². The SMILES string of the molecule is Cc1c(OCc2ccccc2)c2c(c3c1OCO3)[C@H](COCc1ccccc1)N(C(=O)OC(C)(C)C)[C@H](C=O)C2. The topological polar surface area (TPSA) is 83.5 Å². The lowest BCUT2D eigenvalue weighted by molar-refractivity contribution is -0.114. The molecule has 0 saturated heterocycles. The molecule has 2 atom stereocenters. The van der Waals surface area contributed by atoms with E-state index < -0.39 is 23.8 Å². The molecule has 5 rings (SSSR count). The highest BCUT2D eigenvalue weighted by Crippen LogP contribution is 2.52. The van der Waals surface area contributed by atoms with Crippen molar-refractivity contribution < 1.29 is 33.3 Å². The highest BCUT2D eigenvalue weighted by Gasteiger charge is 2.45. The van der Waals surface area contributed by atoms with Gasteiger partial charge in [-0.3, -0.25) is 4.90 Å². The number of benzene rings is 3. The van der Waals surface area contributed by atoms with Gasteiger partial charge in [0.25, 0.3) is 0 Å². The van der Waals surface area contributed by atoms with Crippen LogP contribution in [0.2, 0.25) is 0 Å². The summed E-state index contributed by atoms with van der Waals surface area (Å²) >= 11 is 0. The van der Waals surface area contributed by atoms with E-state index in [2.05, 4.69) is 0 Å². The van der Waals surface area contributed by atoms with Crippen LogP contribution in [0.5, 0.6) is 17.2 Å². The summed E-state index contributed by atoms with van der Waals surface area (Å²) in [5.41, 5.74) is 3.57. The molecule has 0 saturated carbocycles. The van der Waals surface area contributed by atoms with Crippen LogP contribution in [0.15, 0.2) is 60.7 Å². The molecule has 2 heterocycles. The van der Waals surface area contributed by atoms with Gasteiger partial charge in [-0.05, 0) is 38.8 Å². The minimum atomic E-state index is -0.786. The lowest BCUT2D eigenvalue weighted by Gasteiger charge is -2.42. The Morgan fingerprint density at radius 3 is 2.23 bits per heavy atom. The summed E-state index contributed by atoms with van der Waals surface area (Å²) in [5, 5.41) is 0. The predicted octanol–water partition coefficient (Wildman–Crippen LogP) is 5.92. The predicted molar refractivity (Wildman–Crippen MR) is 149 cm³/mol. The van der Waals surface area contributed by atoms with Gasteiger partial charge in [0.2, 0.25) is 6.79 Å². The van der Waals surface area contributed by atoms with Crippen molar-refractivity contribution in [3.8, 4) is 17.2 Å². The Labute approximate surface area is 234 Å². The van der Waals surface area contributed by atoms with Crippen molar-refractivity contribution in [3.63, 3.8) is 0 Å². The molecule has 210 valence electrons. The smallest absolute Gasteiger partial charge is 0.411 e. The van der Waals surface area contributed by atoms with Gasteiger partial charge >= 0.3 is 6.09 Å². The van der Waals surface area contributed by atoms with Crippen LogP contribution in [0.25, 0.3) is 0 Å². The first-order valence-electron chi connectivity index (χ1n) is 13.5. The molecule has 2 aliphatic heterocycles. The first kappa shape index (κ1) is 27.5. The zero-order valence-corrected chi connectivity index (χ0v) is 23.3. The molecule has 8 nitrogen and oxygen atoms in total. The molecule has 3 aromatic rings. The van der Waals surface area contributed by atoms with E-state index in [1.807, 2.05) is 67.6 Å². The summed E-state index contributed by atoms with van der Waals surface area (Å²) in [6.45, 7) is 8.15. The molecule has 3 aromatic carbocycles. The van der Waals surface area contributed by atoms with Crippen LogP contribution in [0.1, 0.15) is 54.6 Å². The van der Waals surface area contributed by atoms with Crippen molar-refractivity contribution >= 4 is 12.4 Å². The quantitative estimate of drug-likeness (QED) is 0.325. The number of aldehydes is 1. The monoisotopic (exact) mass is 545 g/mol. The molecule has 0 unspecified atom stereocenters. The van der Waals surface area contributed by atoms with Crippen molar-refractivity contribution in [2.24, 2.45) is 0 Å². The van der Waals surface area contributed by atoms with Crippen molar-refractivity contribution in [1.82, 2.24) is 4.90 Å². The van der Waals surface area contributed by atoms with Gasteiger partial charge in [-0.1, -0.05) is 60.7 Å². The van der Waals surface area contributed by atoms with Crippen LogP contribution >= 0.6 is 0 Å². The maximum absolute atomic E-state index is 13.6. The number of hydrogen-bond donors (Lipinski definition) is 0. The third-order valence-electron chi connectivity index (χ3n) is 6.95. The maximum atomic E-state index is 13.6. The Hall–Kier alpha value is -4.04. The van der Waals surface area contributed by atoms with E-state index in [-0.39, 0.29) is 19.8 Å². The number of carbonyl (C=O) groups is 2. The van der Waals surface area contributed by atoms with Gasteiger partial charge in [0, 0.05) is 23.1 Å². The zero-order valence-electron chi connectivity index (χ0n) is 23.3. The molecule has 40 heavy (non-hydrogen) atoms. The minimum Gasteiger partial charge on any atom is -0.488 e. The Balaban J connectivity index is 1.57. The molecule has 1 amide bonds. The first-order chi connectivity index (χ1) is 19.3. The second-order valence-corrected chi connectivity index (χ2v) is 11.0. The fourth-order valence-electron chi connectivity index (χ4n) is 5.22. The van der Waals surface area contributed by atoms with Gasteiger partial charge in [-0.2, -0.15) is 0 Å². The summed E-state index contributed by atoms with van der Waals surface area (Å²) in [4.78, 5) is 27.6. The summed E-state index contributed by atoms with van der Waals surface area (Å²) in [5.74, 6) is 1.75. The fraction of sp³-hybridized carbons (Fsp3) is 0.375. The molecule has 0 aliphatic carbocycles. The molecule has 0 radical (unpaired) electrons. The normalized spacial score (nSPS) is 17.8. The lowest BCUT2D eigenvalue weighted by Crippen LogP contribution is -2.51. The standard InChI is InChI=1S/C32H35NO7/c1-21-28(37-18-23-13-9-6-10-14-23)25-15-24(16-34)33(31(35)40-32(2,3)4)26(27(25)30-29(21)38-20-39-30)19-36-17-22-11-7-5-8-12-22/h5-14,16,24,26H,15,17-20H2,1-4H3/t24-,26-/m0/s1. The van der Waals surface area contributed by atoms with Crippen molar-refractivity contribution in [1.29, 1.82) is 0 Å². The Morgan fingerprint density at radius 2 is 1.60 bits per heavy atom. The van der Waals surface area contributed by atoms with Crippen LogP contribution < -0.4 is 14.2 Å². The van der Waals surface area contributed by atoms with Crippen molar-refractivity contribution in [3.05, 3.63) is 88.5 Å². The highest BCUT2D eigenvalue weighted by molar-refractivity contribution is 5.78. The fourth-order valence-corrected chi connectivity index (χ4v) is 5.22. The first-order valence-corrected chi connectivity index (χ1v) is 13.5. The van der Waals surface area contributed by atoms with Gasteiger partial charge < -0.3 is 28.5 Å². The number of nitrogens with zero attached hydrogens (tertiary/aromatic N) is 1. The zero-order chi connectivity index (χ0) is 28.3. The molecule has 0 aromatic heterocycles. The molecule has 0 spiro atoms. The highest BCUT2D eigenvalue weighted by atomic mass is 16.7. The van der Waals surface area contributed by atoms with Gasteiger partial charge in [-0.25, -0.2) is 4.79 Å². The average Bonchev–Trinajstić information content (AvgIpc) is 3.43. The van der Waals surface area contributed by atoms with Crippen LogP contribution in [0.4, 0.5) is 4.79 Å². The molecule has 0 fully saturated rings. The number of ether oxygens (including phenoxy) is 5. The minimum absolute atomic E-state index is 0.0475. The number of hydrogen-bond acceptors (Lipinski definition) is 7. The average molecular weight is 546 g/mol. The molecule has 8 heteroatoms. The van der Waals surface area contributed by atoms with E-state index in [9.17, 15) is 9.59 Å². The third kappa shape index (κ3) is 5.77. The Kier molecular flexibility index (Phi) is 7.98. The largest absolute Gasteiger partial charge is 0.488 e. The summed E-state index contributed by atoms with van der Waals surface area (Å²) in [6, 6.07) is 18.2. The van der Waals surface area contributed by atoms with Crippen LogP contribution in [0, 0.1) is 6.92 Å². The van der Waals surface area contributed by atoms with E-state index in [1.165, 1.54) is 4.90 Å². The van der Waals surface area contributed by atoms with Gasteiger partial charge in [0.15, 0.2) is 11.5 Å². The van der Waals surface area contributed by atoms with E-state index in [0.717, 1.165) is 34.1 Å². The summed E-state index contributed by atoms with van der Waals surface area (Å²) < 4.78 is 30.2. The third-order valence-corrected chi connectivity index (χ3v) is 6.95. The Bertz CT molecular complexity index is 1350. The summed E-state index contributed by atoms with van der Waals surface area (Å²) in [6.07, 6.45) is 0.441. The Morgan fingerprint density at radius 1 is 0.975 bits per heavy atom. The van der Waals surface area contributed by atoms with Gasteiger partial charge in [0.1, 0.15) is 24.2 Å².